The van der Waals surface area contributed by atoms with Gasteiger partial charge in [-0.05, 0) is 17.2 Å². The number of hydrogen-bond donors (Lipinski definition) is 1. The molecule has 0 spiro atoms. The average Bonchev–Trinajstić information content (AvgIpc) is 2.96. The highest BCUT2D eigenvalue weighted by Crippen LogP contribution is 2.48. The van der Waals surface area contributed by atoms with Crippen molar-refractivity contribution in [3.8, 4) is 0 Å². The Balaban J connectivity index is 1.83. The van der Waals surface area contributed by atoms with Crippen molar-refractivity contribution in [2.24, 2.45) is 0 Å². The SMILES string of the molecule is O=C1N(Cc2ccccc2)c2ccccc2[C@]1(O)[C@H](C[N+](=O)[O-])c1ccccc1. The van der Waals surface area contributed by atoms with E-state index in [1.807, 2.05) is 30.3 Å². The van der Waals surface area contributed by atoms with Gasteiger partial charge in [-0.3, -0.25) is 14.9 Å². The van der Waals surface area contributed by atoms with E-state index >= 15 is 0 Å². The van der Waals surface area contributed by atoms with E-state index in [4.69, 9.17) is 0 Å². The summed E-state index contributed by atoms with van der Waals surface area (Å²) in [7, 11) is 0. The number of anilines is 1. The van der Waals surface area contributed by atoms with Gasteiger partial charge in [0.05, 0.1) is 18.2 Å². The van der Waals surface area contributed by atoms with Gasteiger partial charge in [-0.25, -0.2) is 0 Å². The van der Waals surface area contributed by atoms with Gasteiger partial charge in [0.1, 0.15) is 0 Å². The van der Waals surface area contributed by atoms with Crippen LogP contribution in [0.2, 0.25) is 0 Å². The molecule has 0 aliphatic carbocycles. The topological polar surface area (TPSA) is 83.7 Å². The molecule has 0 saturated carbocycles. The normalized spacial score (nSPS) is 19.1. The molecule has 1 amide bonds. The highest BCUT2D eigenvalue weighted by Gasteiger charge is 2.56. The van der Waals surface area contributed by atoms with Crippen LogP contribution in [-0.4, -0.2) is 22.5 Å². The number of carbonyl (C=O) groups excluding carboxylic acids is 1. The summed E-state index contributed by atoms with van der Waals surface area (Å²) in [5, 5.41) is 23.2. The van der Waals surface area contributed by atoms with Crippen LogP contribution in [0.5, 0.6) is 0 Å². The fourth-order valence-corrected chi connectivity index (χ4v) is 4.03. The minimum Gasteiger partial charge on any atom is -0.375 e. The minimum atomic E-state index is -2.01. The minimum absolute atomic E-state index is 0.277. The van der Waals surface area contributed by atoms with E-state index in [1.165, 1.54) is 4.90 Å². The Hall–Kier alpha value is -3.51. The van der Waals surface area contributed by atoms with Gasteiger partial charge in [-0.15, -0.1) is 0 Å². The van der Waals surface area contributed by atoms with Crippen molar-refractivity contribution in [3.63, 3.8) is 0 Å². The van der Waals surface area contributed by atoms with E-state index in [-0.39, 0.29) is 6.54 Å². The van der Waals surface area contributed by atoms with Crippen LogP contribution >= 0.6 is 0 Å². The number of carbonyl (C=O) groups is 1. The molecule has 0 radical (unpaired) electrons. The van der Waals surface area contributed by atoms with Crippen LogP contribution in [0.4, 0.5) is 5.69 Å². The summed E-state index contributed by atoms with van der Waals surface area (Å²) < 4.78 is 0. The number of benzene rings is 3. The van der Waals surface area contributed by atoms with E-state index in [1.54, 1.807) is 54.6 Å². The van der Waals surface area contributed by atoms with Crippen LogP contribution in [0.3, 0.4) is 0 Å². The summed E-state index contributed by atoms with van der Waals surface area (Å²) in [5.74, 6) is -1.55. The molecule has 1 heterocycles. The maximum atomic E-state index is 13.5. The summed E-state index contributed by atoms with van der Waals surface area (Å²) in [6, 6.07) is 25.1. The van der Waals surface area contributed by atoms with Crippen LogP contribution in [0.1, 0.15) is 22.6 Å². The van der Waals surface area contributed by atoms with E-state index in [9.17, 15) is 20.0 Å². The van der Waals surface area contributed by atoms with E-state index < -0.39 is 28.9 Å². The summed E-state index contributed by atoms with van der Waals surface area (Å²) in [4.78, 5) is 26.0. The summed E-state index contributed by atoms with van der Waals surface area (Å²) in [5.41, 5.74) is 0.423. The second kappa shape index (κ2) is 7.48. The van der Waals surface area contributed by atoms with Crippen LogP contribution in [0.25, 0.3) is 0 Å². The molecular formula is C23H20N2O4. The number of hydrogen-bond acceptors (Lipinski definition) is 4. The first-order chi connectivity index (χ1) is 14.0. The largest absolute Gasteiger partial charge is 0.375 e. The molecule has 6 heteroatoms. The van der Waals surface area contributed by atoms with Gasteiger partial charge >= 0.3 is 0 Å². The maximum absolute atomic E-state index is 13.5. The monoisotopic (exact) mass is 388 g/mol. The third-order valence-corrected chi connectivity index (χ3v) is 5.40. The molecule has 3 aromatic carbocycles. The number of fused-ring (bicyclic) bond motifs is 1. The van der Waals surface area contributed by atoms with E-state index in [2.05, 4.69) is 0 Å². The molecule has 6 nitrogen and oxygen atoms in total. The fraction of sp³-hybridized carbons (Fsp3) is 0.174. The summed E-state index contributed by atoms with van der Waals surface area (Å²) >= 11 is 0. The zero-order valence-electron chi connectivity index (χ0n) is 15.6. The van der Waals surface area contributed by atoms with Crippen molar-refractivity contribution in [1.29, 1.82) is 0 Å². The van der Waals surface area contributed by atoms with Crippen molar-refractivity contribution in [2.75, 3.05) is 11.4 Å². The van der Waals surface area contributed by atoms with Gasteiger partial charge in [-0.2, -0.15) is 0 Å². The van der Waals surface area contributed by atoms with Gasteiger partial charge in [0.15, 0.2) is 5.60 Å². The lowest BCUT2D eigenvalue weighted by Gasteiger charge is -2.30. The molecule has 0 bridgehead atoms. The molecule has 146 valence electrons. The molecule has 29 heavy (non-hydrogen) atoms. The molecule has 0 saturated heterocycles. The lowest BCUT2D eigenvalue weighted by Crippen LogP contribution is -2.46. The predicted molar refractivity (Wildman–Crippen MR) is 109 cm³/mol. The molecule has 1 N–H and O–H groups in total. The second-order valence-corrected chi connectivity index (χ2v) is 7.14. The third kappa shape index (κ3) is 3.28. The van der Waals surface area contributed by atoms with Crippen LogP contribution in [0.15, 0.2) is 84.9 Å². The van der Waals surface area contributed by atoms with E-state index in [0.717, 1.165) is 5.56 Å². The van der Waals surface area contributed by atoms with Crippen molar-refractivity contribution in [2.45, 2.75) is 18.1 Å². The third-order valence-electron chi connectivity index (χ3n) is 5.40. The molecule has 0 fully saturated rings. The standard InChI is InChI=1S/C23H20N2O4/c26-22-23(27,20(16-25(28)29)18-11-5-2-6-12-18)19-13-7-8-14-21(19)24(22)15-17-9-3-1-4-10-17/h1-14,20,27H,15-16H2/t20-,23+/m1/s1. The molecule has 0 aromatic heterocycles. The van der Waals surface area contributed by atoms with Gasteiger partial charge in [0.2, 0.25) is 6.54 Å². The number of para-hydroxylation sites is 1. The van der Waals surface area contributed by atoms with Gasteiger partial charge < -0.3 is 10.0 Å². The zero-order valence-corrected chi connectivity index (χ0v) is 15.6. The molecule has 1 aliphatic heterocycles. The summed E-state index contributed by atoms with van der Waals surface area (Å²) in [6.45, 7) is -0.279. The lowest BCUT2D eigenvalue weighted by molar-refractivity contribution is -0.486. The number of nitrogens with zero attached hydrogens (tertiary/aromatic N) is 2. The smallest absolute Gasteiger partial charge is 0.264 e. The number of nitro groups is 1. The number of rotatable bonds is 6. The van der Waals surface area contributed by atoms with Crippen molar-refractivity contribution in [3.05, 3.63) is 112 Å². The Labute approximate surface area is 168 Å². The Bertz CT molecular complexity index is 1040. The van der Waals surface area contributed by atoms with Crippen LogP contribution in [0, 0.1) is 10.1 Å². The maximum Gasteiger partial charge on any atom is 0.264 e. The fourth-order valence-electron chi connectivity index (χ4n) is 4.03. The van der Waals surface area contributed by atoms with Crippen molar-refractivity contribution >= 4 is 11.6 Å². The van der Waals surface area contributed by atoms with E-state index in [0.29, 0.717) is 16.8 Å². The molecular weight excluding hydrogens is 368 g/mol. The van der Waals surface area contributed by atoms with Crippen LogP contribution in [-0.2, 0) is 16.9 Å². The Morgan fingerprint density at radius 2 is 1.52 bits per heavy atom. The number of aliphatic hydroxyl groups is 1. The Kier molecular flexibility index (Phi) is 4.86. The first-order valence-electron chi connectivity index (χ1n) is 9.36. The van der Waals surface area contributed by atoms with Gasteiger partial charge in [0.25, 0.3) is 5.91 Å². The molecule has 4 rings (SSSR count). The van der Waals surface area contributed by atoms with Crippen molar-refractivity contribution in [1.82, 2.24) is 0 Å². The zero-order chi connectivity index (χ0) is 20.4. The predicted octanol–water partition coefficient (Wildman–Crippen LogP) is 3.48. The van der Waals surface area contributed by atoms with Gasteiger partial charge in [0, 0.05) is 10.5 Å². The molecule has 1 aliphatic rings. The Morgan fingerprint density at radius 1 is 0.931 bits per heavy atom. The number of amides is 1. The highest BCUT2D eigenvalue weighted by atomic mass is 16.6. The molecule has 3 aromatic rings. The van der Waals surface area contributed by atoms with Crippen molar-refractivity contribution < 1.29 is 14.8 Å². The Morgan fingerprint density at radius 3 is 2.17 bits per heavy atom. The van der Waals surface area contributed by atoms with Gasteiger partial charge in [-0.1, -0.05) is 78.9 Å². The molecule has 2 atom stereocenters. The lowest BCUT2D eigenvalue weighted by atomic mass is 9.78. The first kappa shape index (κ1) is 18.8. The average molecular weight is 388 g/mol. The molecule has 0 unspecified atom stereocenters. The quantitative estimate of drug-likeness (QED) is 0.518. The second-order valence-electron chi connectivity index (χ2n) is 7.14. The first-order valence-corrected chi connectivity index (χ1v) is 9.36. The summed E-state index contributed by atoms with van der Waals surface area (Å²) in [6.07, 6.45) is 0. The highest BCUT2D eigenvalue weighted by molar-refractivity contribution is 6.07. The van der Waals surface area contributed by atoms with Crippen LogP contribution < -0.4 is 4.90 Å².